The number of amides is 1. The molecule has 3 aromatic rings. The van der Waals surface area contributed by atoms with E-state index in [0.717, 1.165) is 17.0 Å². The Labute approximate surface area is 156 Å². The van der Waals surface area contributed by atoms with Gasteiger partial charge in [-0.2, -0.15) is 5.10 Å². The van der Waals surface area contributed by atoms with Gasteiger partial charge in [-0.05, 0) is 37.6 Å². The van der Waals surface area contributed by atoms with Crippen LogP contribution in [0.3, 0.4) is 0 Å². The fourth-order valence-corrected chi connectivity index (χ4v) is 2.66. The predicted molar refractivity (Wildman–Crippen MR) is 97.8 cm³/mol. The summed E-state index contributed by atoms with van der Waals surface area (Å²) in [6, 6.07) is 8.87. The second-order valence-corrected chi connectivity index (χ2v) is 6.14. The van der Waals surface area contributed by atoms with Crippen LogP contribution in [0, 0.1) is 13.8 Å². The molecule has 1 N–H and O–H groups in total. The van der Waals surface area contributed by atoms with Crippen molar-refractivity contribution >= 4 is 17.5 Å². The summed E-state index contributed by atoms with van der Waals surface area (Å²) in [5.41, 5.74) is 2.79. The summed E-state index contributed by atoms with van der Waals surface area (Å²) in [5.74, 6) is 0.688. The lowest BCUT2D eigenvalue weighted by atomic mass is 10.2. The fourth-order valence-electron chi connectivity index (χ4n) is 2.47. The Morgan fingerprint density at radius 2 is 2.08 bits per heavy atom. The lowest BCUT2D eigenvalue weighted by molar-refractivity contribution is 0.0946. The van der Waals surface area contributed by atoms with Crippen molar-refractivity contribution < 1.29 is 9.53 Å². The van der Waals surface area contributed by atoms with E-state index in [1.165, 1.54) is 0 Å². The van der Waals surface area contributed by atoms with E-state index in [-0.39, 0.29) is 16.6 Å². The predicted octanol–water partition coefficient (Wildman–Crippen LogP) is 2.87. The average Bonchev–Trinajstić information content (AvgIpc) is 2.98. The second-order valence-electron chi connectivity index (χ2n) is 5.73. The molecule has 0 bridgehead atoms. The maximum Gasteiger partial charge on any atom is 0.271 e. The zero-order chi connectivity index (χ0) is 18.7. The Hall–Kier alpha value is -2.93. The number of carbonyl (C=O) groups is 1. The monoisotopic (exact) mass is 371 g/mol. The van der Waals surface area contributed by atoms with Crippen LogP contribution >= 0.6 is 11.6 Å². The molecule has 0 spiro atoms. The molecule has 0 atom stereocenters. The molecular formula is C18H18ClN5O2. The number of nitrogens with one attached hydrogen (secondary N) is 1. The maximum absolute atomic E-state index is 12.5. The zero-order valence-electron chi connectivity index (χ0n) is 14.7. The minimum absolute atomic E-state index is 0.151. The SMILES string of the molecule is COc1ccc(CNC(=O)c2nc(-n3nc(C)cc3C)ccc2Cl)cn1. The van der Waals surface area contributed by atoms with Gasteiger partial charge in [0.15, 0.2) is 5.82 Å². The van der Waals surface area contributed by atoms with Gasteiger partial charge in [0.05, 0.1) is 17.8 Å². The number of methoxy groups -OCH3 is 1. The van der Waals surface area contributed by atoms with E-state index in [1.807, 2.05) is 26.0 Å². The van der Waals surface area contributed by atoms with Crippen LogP contribution in [0.25, 0.3) is 5.82 Å². The average molecular weight is 372 g/mol. The van der Waals surface area contributed by atoms with Gasteiger partial charge in [-0.25, -0.2) is 14.6 Å². The molecule has 134 valence electrons. The van der Waals surface area contributed by atoms with Crippen LogP contribution in [0.5, 0.6) is 5.88 Å². The van der Waals surface area contributed by atoms with Gasteiger partial charge in [-0.1, -0.05) is 17.7 Å². The van der Waals surface area contributed by atoms with Crippen molar-refractivity contribution in [2.45, 2.75) is 20.4 Å². The number of hydrogen-bond donors (Lipinski definition) is 1. The molecule has 0 fully saturated rings. The third kappa shape index (κ3) is 3.83. The van der Waals surface area contributed by atoms with Gasteiger partial charge in [-0.15, -0.1) is 0 Å². The topological polar surface area (TPSA) is 81.9 Å². The number of halogens is 1. The highest BCUT2D eigenvalue weighted by Crippen LogP contribution is 2.18. The summed E-state index contributed by atoms with van der Waals surface area (Å²) in [4.78, 5) is 21.0. The van der Waals surface area contributed by atoms with Gasteiger partial charge in [0.2, 0.25) is 5.88 Å². The standard InChI is InChI=1S/C18H18ClN5O2/c1-11-8-12(2)24(23-11)15-6-5-14(19)17(22-15)18(25)21-10-13-4-7-16(26-3)20-9-13/h4-9H,10H2,1-3H3,(H,21,25). The molecule has 3 heterocycles. The largest absolute Gasteiger partial charge is 0.481 e. The Balaban J connectivity index is 1.78. The summed E-state index contributed by atoms with van der Waals surface area (Å²) in [5, 5.41) is 7.45. The van der Waals surface area contributed by atoms with Gasteiger partial charge >= 0.3 is 0 Å². The summed E-state index contributed by atoms with van der Waals surface area (Å²) in [6.45, 7) is 4.13. The molecule has 0 aromatic carbocycles. The second kappa shape index (κ2) is 7.53. The highest BCUT2D eigenvalue weighted by molar-refractivity contribution is 6.33. The first kappa shape index (κ1) is 17.9. The molecule has 0 aliphatic carbocycles. The Morgan fingerprint density at radius 1 is 1.27 bits per heavy atom. The molecular weight excluding hydrogens is 354 g/mol. The third-order valence-corrected chi connectivity index (χ3v) is 4.04. The number of hydrogen-bond acceptors (Lipinski definition) is 5. The number of aromatic nitrogens is 4. The van der Waals surface area contributed by atoms with Crippen molar-refractivity contribution in [1.29, 1.82) is 0 Å². The molecule has 3 aromatic heterocycles. The van der Waals surface area contributed by atoms with E-state index in [2.05, 4.69) is 20.4 Å². The number of aryl methyl sites for hydroxylation is 2. The van der Waals surface area contributed by atoms with Crippen molar-refractivity contribution in [3.63, 3.8) is 0 Å². The molecule has 8 heteroatoms. The van der Waals surface area contributed by atoms with E-state index in [4.69, 9.17) is 16.3 Å². The van der Waals surface area contributed by atoms with Crippen LogP contribution in [0.4, 0.5) is 0 Å². The molecule has 0 aliphatic rings. The molecule has 26 heavy (non-hydrogen) atoms. The number of carbonyl (C=O) groups excluding carboxylic acids is 1. The van der Waals surface area contributed by atoms with Crippen LogP contribution in [-0.4, -0.2) is 32.8 Å². The van der Waals surface area contributed by atoms with Gasteiger partial charge < -0.3 is 10.1 Å². The van der Waals surface area contributed by atoms with Crippen LogP contribution in [0.1, 0.15) is 27.4 Å². The maximum atomic E-state index is 12.5. The van der Waals surface area contributed by atoms with E-state index in [9.17, 15) is 4.79 Å². The van der Waals surface area contributed by atoms with Gasteiger partial charge in [0, 0.05) is 24.5 Å². The van der Waals surface area contributed by atoms with Crippen molar-refractivity contribution in [2.24, 2.45) is 0 Å². The first-order valence-corrected chi connectivity index (χ1v) is 8.33. The number of nitrogens with zero attached hydrogens (tertiary/aromatic N) is 4. The van der Waals surface area contributed by atoms with E-state index in [1.54, 1.807) is 36.2 Å². The number of pyridine rings is 2. The molecule has 0 radical (unpaired) electrons. The summed E-state index contributed by atoms with van der Waals surface area (Å²) < 4.78 is 6.69. The fraction of sp³-hybridized carbons (Fsp3) is 0.222. The molecule has 3 rings (SSSR count). The first-order valence-electron chi connectivity index (χ1n) is 7.95. The third-order valence-electron chi connectivity index (χ3n) is 3.73. The quantitative estimate of drug-likeness (QED) is 0.745. The van der Waals surface area contributed by atoms with Crippen LogP contribution in [0.15, 0.2) is 36.5 Å². The van der Waals surface area contributed by atoms with Crippen molar-refractivity contribution in [2.75, 3.05) is 7.11 Å². The van der Waals surface area contributed by atoms with E-state index >= 15 is 0 Å². The molecule has 0 aliphatic heterocycles. The minimum atomic E-state index is -0.366. The van der Waals surface area contributed by atoms with Gasteiger partial charge in [0.1, 0.15) is 5.69 Å². The van der Waals surface area contributed by atoms with E-state index in [0.29, 0.717) is 18.2 Å². The molecule has 0 saturated carbocycles. The Kier molecular flexibility index (Phi) is 5.18. The molecule has 0 saturated heterocycles. The van der Waals surface area contributed by atoms with Crippen molar-refractivity contribution in [1.82, 2.24) is 25.1 Å². The van der Waals surface area contributed by atoms with Gasteiger partial charge in [0.25, 0.3) is 5.91 Å². The van der Waals surface area contributed by atoms with Crippen molar-refractivity contribution in [3.8, 4) is 11.7 Å². The summed E-state index contributed by atoms with van der Waals surface area (Å²) in [6.07, 6.45) is 1.64. The lowest BCUT2D eigenvalue weighted by Crippen LogP contribution is -2.24. The smallest absolute Gasteiger partial charge is 0.271 e. The normalized spacial score (nSPS) is 10.6. The summed E-state index contributed by atoms with van der Waals surface area (Å²) >= 11 is 6.16. The van der Waals surface area contributed by atoms with Crippen LogP contribution in [-0.2, 0) is 6.54 Å². The first-order chi connectivity index (χ1) is 12.5. The molecule has 7 nitrogen and oxygen atoms in total. The highest BCUT2D eigenvalue weighted by Gasteiger charge is 2.15. The zero-order valence-corrected chi connectivity index (χ0v) is 15.4. The molecule has 1 amide bonds. The van der Waals surface area contributed by atoms with Crippen molar-refractivity contribution in [3.05, 3.63) is 64.2 Å². The number of rotatable bonds is 5. The van der Waals surface area contributed by atoms with Crippen LogP contribution in [0.2, 0.25) is 5.02 Å². The van der Waals surface area contributed by atoms with Gasteiger partial charge in [-0.3, -0.25) is 4.79 Å². The minimum Gasteiger partial charge on any atom is -0.481 e. The summed E-state index contributed by atoms with van der Waals surface area (Å²) in [7, 11) is 1.55. The van der Waals surface area contributed by atoms with E-state index < -0.39 is 0 Å². The van der Waals surface area contributed by atoms with Crippen LogP contribution < -0.4 is 10.1 Å². The highest BCUT2D eigenvalue weighted by atomic mass is 35.5. The lowest BCUT2D eigenvalue weighted by Gasteiger charge is -2.09. The number of ether oxygens (including phenoxy) is 1. The Morgan fingerprint density at radius 3 is 2.69 bits per heavy atom. The Bertz CT molecular complexity index is 937. The molecule has 0 unspecified atom stereocenters.